The van der Waals surface area contributed by atoms with Gasteiger partial charge in [0.25, 0.3) is 11.8 Å². The van der Waals surface area contributed by atoms with E-state index < -0.39 is 11.8 Å². The van der Waals surface area contributed by atoms with Gasteiger partial charge in [-0.15, -0.1) is 0 Å². The number of rotatable bonds is 2. The molecule has 0 aromatic heterocycles. The first-order valence-corrected chi connectivity index (χ1v) is 8.88. The van der Waals surface area contributed by atoms with Gasteiger partial charge in [0.1, 0.15) is 18.8 Å². The van der Waals surface area contributed by atoms with E-state index in [0.717, 1.165) is 0 Å². The molecule has 1 saturated heterocycles. The highest BCUT2D eigenvalue weighted by Crippen LogP contribution is 2.32. The molecule has 27 heavy (non-hydrogen) atoms. The fourth-order valence-corrected chi connectivity index (χ4v) is 3.21. The van der Waals surface area contributed by atoms with Crippen molar-refractivity contribution in [3.63, 3.8) is 0 Å². The van der Waals surface area contributed by atoms with Crippen molar-refractivity contribution in [3.05, 3.63) is 58.6 Å². The van der Waals surface area contributed by atoms with Crippen molar-refractivity contribution < 1.29 is 19.1 Å². The van der Waals surface area contributed by atoms with E-state index in [0.29, 0.717) is 41.0 Å². The Morgan fingerprint density at radius 2 is 1.74 bits per heavy atom. The van der Waals surface area contributed by atoms with Gasteiger partial charge in [-0.1, -0.05) is 17.7 Å². The standard InChI is InChI=1S/C19H13ClN2O4S/c20-12-2-4-13(5-3-12)22-18(24)14(17(23)21-19(22)27)9-11-1-6-15-16(10-11)26-8-7-25-15/h1-6,9-10H,7-8H2,(H,21,23,27). The largest absolute Gasteiger partial charge is 0.486 e. The lowest BCUT2D eigenvalue weighted by molar-refractivity contribution is -0.122. The van der Waals surface area contributed by atoms with Gasteiger partial charge in [0.15, 0.2) is 16.6 Å². The van der Waals surface area contributed by atoms with E-state index in [4.69, 9.17) is 33.3 Å². The minimum atomic E-state index is -0.551. The number of hydrogen-bond donors (Lipinski definition) is 1. The van der Waals surface area contributed by atoms with E-state index in [1.165, 1.54) is 11.0 Å². The first kappa shape index (κ1) is 17.5. The Hall–Kier alpha value is -2.90. The number of thiocarbonyl (C=S) groups is 1. The van der Waals surface area contributed by atoms with Crippen molar-refractivity contribution >= 4 is 52.5 Å². The van der Waals surface area contributed by atoms with Crippen LogP contribution < -0.4 is 19.7 Å². The number of ether oxygens (including phenoxy) is 2. The lowest BCUT2D eigenvalue weighted by Crippen LogP contribution is -2.54. The number of hydrogen-bond acceptors (Lipinski definition) is 5. The molecule has 0 saturated carbocycles. The van der Waals surface area contributed by atoms with Crippen molar-refractivity contribution in [2.24, 2.45) is 0 Å². The molecule has 2 aliphatic rings. The van der Waals surface area contributed by atoms with Crippen LogP contribution in [0.5, 0.6) is 11.5 Å². The maximum atomic E-state index is 12.9. The van der Waals surface area contributed by atoms with Crippen molar-refractivity contribution in [1.82, 2.24) is 5.32 Å². The maximum Gasteiger partial charge on any atom is 0.270 e. The second-order valence-corrected chi connectivity index (χ2v) is 6.66. The molecule has 2 aromatic carbocycles. The molecule has 2 heterocycles. The normalized spacial score (nSPS) is 17.9. The van der Waals surface area contributed by atoms with Crippen LogP contribution in [-0.4, -0.2) is 30.1 Å². The van der Waals surface area contributed by atoms with Crippen LogP contribution in [0.2, 0.25) is 5.02 Å². The predicted octanol–water partition coefficient (Wildman–Crippen LogP) is 2.94. The summed E-state index contributed by atoms with van der Waals surface area (Å²) in [5, 5.41) is 3.10. The smallest absolute Gasteiger partial charge is 0.270 e. The summed E-state index contributed by atoms with van der Waals surface area (Å²) in [6.07, 6.45) is 1.50. The molecule has 2 aromatic rings. The zero-order valence-electron chi connectivity index (χ0n) is 13.9. The summed E-state index contributed by atoms with van der Waals surface area (Å²) in [5.74, 6) is 0.141. The summed E-state index contributed by atoms with van der Waals surface area (Å²) in [4.78, 5) is 26.6. The molecule has 1 fully saturated rings. The molecule has 0 unspecified atom stereocenters. The first-order chi connectivity index (χ1) is 13.0. The maximum absolute atomic E-state index is 12.9. The highest BCUT2D eigenvalue weighted by atomic mass is 35.5. The van der Waals surface area contributed by atoms with Gasteiger partial charge in [0.2, 0.25) is 0 Å². The molecule has 8 heteroatoms. The minimum Gasteiger partial charge on any atom is -0.486 e. The Bertz CT molecular complexity index is 988. The molecule has 0 bridgehead atoms. The highest BCUT2D eigenvalue weighted by Gasteiger charge is 2.34. The van der Waals surface area contributed by atoms with E-state index in [9.17, 15) is 9.59 Å². The van der Waals surface area contributed by atoms with Gasteiger partial charge in [0, 0.05) is 5.02 Å². The molecule has 2 amide bonds. The number of fused-ring (bicyclic) bond motifs is 1. The zero-order chi connectivity index (χ0) is 19.0. The lowest BCUT2D eigenvalue weighted by atomic mass is 10.1. The number of benzene rings is 2. The summed E-state index contributed by atoms with van der Waals surface area (Å²) >= 11 is 11.1. The quantitative estimate of drug-likeness (QED) is 0.477. The third-order valence-electron chi connectivity index (χ3n) is 4.06. The van der Waals surface area contributed by atoms with Crippen molar-refractivity contribution in [3.8, 4) is 11.5 Å². The summed E-state index contributed by atoms with van der Waals surface area (Å²) < 4.78 is 11.0. The molecule has 6 nitrogen and oxygen atoms in total. The average Bonchev–Trinajstić information content (AvgIpc) is 2.66. The van der Waals surface area contributed by atoms with E-state index in [2.05, 4.69) is 5.32 Å². The van der Waals surface area contributed by atoms with E-state index in [1.54, 1.807) is 42.5 Å². The lowest BCUT2D eigenvalue weighted by Gasteiger charge is -2.29. The number of anilines is 1. The van der Waals surface area contributed by atoms with Crippen molar-refractivity contribution in [2.45, 2.75) is 0 Å². The van der Waals surface area contributed by atoms with E-state index in [-0.39, 0.29) is 10.7 Å². The Kier molecular flexibility index (Phi) is 4.55. The van der Waals surface area contributed by atoms with Crippen molar-refractivity contribution in [1.29, 1.82) is 0 Å². The van der Waals surface area contributed by atoms with Crippen LogP contribution in [0.15, 0.2) is 48.0 Å². The molecule has 0 aliphatic carbocycles. The van der Waals surface area contributed by atoms with Gasteiger partial charge >= 0.3 is 0 Å². The molecule has 1 N–H and O–H groups in total. The summed E-state index contributed by atoms with van der Waals surface area (Å²) in [5.41, 5.74) is 1.12. The van der Waals surface area contributed by atoms with Gasteiger partial charge in [-0.2, -0.15) is 0 Å². The molecule has 4 rings (SSSR count). The molecular formula is C19H13ClN2O4S. The van der Waals surface area contributed by atoms with Crippen molar-refractivity contribution in [2.75, 3.05) is 18.1 Å². The Morgan fingerprint density at radius 3 is 2.48 bits per heavy atom. The van der Waals surface area contributed by atoms with Crippen LogP contribution in [0.25, 0.3) is 6.08 Å². The monoisotopic (exact) mass is 400 g/mol. The Balaban J connectivity index is 1.70. The van der Waals surface area contributed by atoms with Gasteiger partial charge in [-0.05, 0) is 60.3 Å². The van der Waals surface area contributed by atoms with Crippen LogP contribution in [0.3, 0.4) is 0 Å². The fraction of sp³-hybridized carbons (Fsp3) is 0.105. The van der Waals surface area contributed by atoms with E-state index in [1.807, 2.05) is 0 Å². The number of amides is 2. The first-order valence-electron chi connectivity index (χ1n) is 8.09. The topological polar surface area (TPSA) is 67.9 Å². The summed E-state index contributed by atoms with van der Waals surface area (Å²) in [7, 11) is 0. The molecule has 0 spiro atoms. The van der Waals surface area contributed by atoms with Gasteiger partial charge in [0.05, 0.1) is 5.69 Å². The van der Waals surface area contributed by atoms with Crippen LogP contribution >= 0.6 is 23.8 Å². The molecule has 0 atom stereocenters. The third kappa shape index (κ3) is 3.39. The Morgan fingerprint density at radius 1 is 1.04 bits per heavy atom. The molecular weight excluding hydrogens is 388 g/mol. The highest BCUT2D eigenvalue weighted by molar-refractivity contribution is 7.80. The number of nitrogens with zero attached hydrogens (tertiary/aromatic N) is 1. The molecule has 2 aliphatic heterocycles. The van der Waals surface area contributed by atoms with Crippen LogP contribution in [0.1, 0.15) is 5.56 Å². The van der Waals surface area contributed by atoms with Crippen LogP contribution in [-0.2, 0) is 9.59 Å². The van der Waals surface area contributed by atoms with Gasteiger partial charge in [-0.25, -0.2) is 0 Å². The summed E-state index contributed by atoms with van der Waals surface area (Å²) in [6.45, 7) is 0.937. The molecule has 136 valence electrons. The predicted molar refractivity (Wildman–Crippen MR) is 105 cm³/mol. The van der Waals surface area contributed by atoms with Gasteiger partial charge < -0.3 is 9.47 Å². The number of carbonyl (C=O) groups is 2. The van der Waals surface area contributed by atoms with Crippen LogP contribution in [0.4, 0.5) is 5.69 Å². The molecule has 0 radical (unpaired) electrons. The number of carbonyl (C=O) groups excluding carboxylic acids is 2. The summed E-state index contributed by atoms with van der Waals surface area (Å²) in [6, 6.07) is 11.8. The second kappa shape index (κ2) is 7.02. The number of nitrogens with one attached hydrogen (secondary N) is 1. The number of halogens is 1. The zero-order valence-corrected chi connectivity index (χ0v) is 15.5. The average molecular weight is 401 g/mol. The second-order valence-electron chi connectivity index (χ2n) is 5.84. The van der Waals surface area contributed by atoms with E-state index >= 15 is 0 Å². The third-order valence-corrected chi connectivity index (χ3v) is 4.60. The Labute approximate surface area is 165 Å². The van der Waals surface area contributed by atoms with Gasteiger partial charge in [-0.3, -0.25) is 19.8 Å². The SMILES string of the molecule is O=C1NC(=S)N(c2ccc(Cl)cc2)C(=O)C1=Cc1ccc2c(c1)OCCO2. The fourth-order valence-electron chi connectivity index (χ4n) is 2.80. The van der Waals surface area contributed by atoms with Crippen LogP contribution in [0, 0.1) is 0 Å². The minimum absolute atomic E-state index is 0.0200.